The number of rotatable bonds is 2. The highest BCUT2D eigenvalue weighted by atomic mass is 35.5. The first-order valence-corrected chi connectivity index (χ1v) is 8.02. The Labute approximate surface area is 140 Å². The summed E-state index contributed by atoms with van der Waals surface area (Å²) in [7, 11) is 0. The summed E-state index contributed by atoms with van der Waals surface area (Å²) in [6.45, 7) is 2.35. The van der Waals surface area contributed by atoms with Crippen molar-refractivity contribution in [1.82, 2.24) is 4.90 Å². The number of nitrogens with one attached hydrogen (secondary N) is 1. The number of likely N-dealkylation sites (tertiary alicyclic amines) is 1. The molecule has 2 amide bonds. The molecule has 1 aliphatic heterocycles. The van der Waals surface area contributed by atoms with E-state index in [0.29, 0.717) is 22.8 Å². The molecule has 0 unspecified atom stereocenters. The third-order valence-electron chi connectivity index (χ3n) is 4.20. The Morgan fingerprint density at radius 3 is 2.83 bits per heavy atom. The van der Waals surface area contributed by atoms with Gasteiger partial charge in [0.25, 0.3) is 0 Å². The van der Waals surface area contributed by atoms with Gasteiger partial charge in [-0.3, -0.25) is 0 Å². The average Bonchev–Trinajstić information content (AvgIpc) is 3.01. The van der Waals surface area contributed by atoms with Gasteiger partial charge in [0.15, 0.2) is 0 Å². The average molecular weight is 333 g/mol. The minimum absolute atomic E-state index is 0.0426. The second-order valence-electron chi connectivity index (χ2n) is 5.77. The molecule has 1 N–H and O–H groups in total. The predicted molar refractivity (Wildman–Crippen MR) is 90.3 cm³/mol. The van der Waals surface area contributed by atoms with Crippen molar-refractivity contribution >= 4 is 23.3 Å². The number of nitrogens with zero attached hydrogens (tertiary/aromatic N) is 1. The smallest absolute Gasteiger partial charge is 0.317 e. The van der Waals surface area contributed by atoms with Crippen LogP contribution in [0.1, 0.15) is 30.0 Å². The van der Waals surface area contributed by atoms with Gasteiger partial charge in [-0.2, -0.15) is 0 Å². The number of aryl methyl sites for hydroxylation is 1. The van der Waals surface area contributed by atoms with Crippen LogP contribution in [0.5, 0.6) is 0 Å². The summed E-state index contributed by atoms with van der Waals surface area (Å²) in [6, 6.07) is 12.0. The minimum Gasteiger partial charge on any atom is -0.317 e. The molecule has 5 heteroatoms. The number of benzene rings is 2. The van der Waals surface area contributed by atoms with E-state index in [4.69, 9.17) is 11.6 Å². The van der Waals surface area contributed by atoms with E-state index in [9.17, 15) is 9.18 Å². The fourth-order valence-electron chi connectivity index (χ4n) is 2.94. The Morgan fingerprint density at radius 1 is 1.30 bits per heavy atom. The van der Waals surface area contributed by atoms with Crippen LogP contribution in [0.3, 0.4) is 0 Å². The largest absolute Gasteiger partial charge is 0.322 e. The number of hydrogen-bond donors (Lipinski definition) is 1. The second-order valence-corrected chi connectivity index (χ2v) is 6.17. The van der Waals surface area contributed by atoms with Crippen molar-refractivity contribution in [2.24, 2.45) is 0 Å². The lowest BCUT2D eigenvalue weighted by Crippen LogP contribution is -2.34. The number of anilines is 1. The molecule has 1 heterocycles. The molecule has 1 aliphatic rings. The molecular formula is C18H18ClFN2O. The number of carbonyl (C=O) groups excluding carboxylic acids is 1. The monoisotopic (exact) mass is 332 g/mol. The summed E-state index contributed by atoms with van der Waals surface area (Å²) in [4.78, 5) is 14.3. The van der Waals surface area contributed by atoms with Crippen LogP contribution in [-0.2, 0) is 0 Å². The van der Waals surface area contributed by atoms with Gasteiger partial charge >= 0.3 is 6.03 Å². The lowest BCUT2D eigenvalue weighted by Gasteiger charge is -2.26. The van der Waals surface area contributed by atoms with E-state index in [1.165, 1.54) is 6.07 Å². The molecule has 2 aromatic rings. The zero-order chi connectivity index (χ0) is 16.4. The van der Waals surface area contributed by atoms with Gasteiger partial charge in [0.05, 0.1) is 6.04 Å². The number of carbonyl (C=O) groups is 1. The van der Waals surface area contributed by atoms with Gasteiger partial charge in [0.2, 0.25) is 0 Å². The van der Waals surface area contributed by atoms with Crippen molar-refractivity contribution < 1.29 is 9.18 Å². The molecular weight excluding hydrogens is 315 g/mol. The number of halogens is 2. The van der Waals surface area contributed by atoms with Crippen LogP contribution in [0.25, 0.3) is 0 Å². The molecule has 2 aromatic carbocycles. The summed E-state index contributed by atoms with van der Waals surface area (Å²) < 4.78 is 13.6. The zero-order valence-corrected chi connectivity index (χ0v) is 13.6. The summed E-state index contributed by atoms with van der Waals surface area (Å²) in [5.74, 6) is -0.327. The van der Waals surface area contributed by atoms with E-state index in [0.717, 1.165) is 18.4 Å². The van der Waals surface area contributed by atoms with Gasteiger partial charge in [-0.25, -0.2) is 9.18 Å². The molecule has 0 aliphatic carbocycles. The highest BCUT2D eigenvalue weighted by Crippen LogP contribution is 2.36. The lowest BCUT2D eigenvalue weighted by molar-refractivity contribution is 0.207. The first kappa shape index (κ1) is 15.8. The van der Waals surface area contributed by atoms with E-state index in [1.807, 2.05) is 24.3 Å². The van der Waals surface area contributed by atoms with E-state index in [2.05, 4.69) is 5.32 Å². The van der Waals surface area contributed by atoms with E-state index < -0.39 is 0 Å². The van der Waals surface area contributed by atoms with E-state index in [1.54, 1.807) is 24.0 Å². The van der Waals surface area contributed by atoms with Crippen LogP contribution in [-0.4, -0.2) is 17.5 Å². The van der Waals surface area contributed by atoms with Gasteiger partial charge in [0, 0.05) is 17.3 Å². The van der Waals surface area contributed by atoms with Gasteiger partial charge < -0.3 is 10.2 Å². The van der Waals surface area contributed by atoms with Crippen LogP contribution < -0.4 is 5.32 Å². The summed E-state index contributed by atoms with van der Waals surface area (Å²) in [5, 5.41) is 3.44. The molecule has 0 bridgehead atoms. The molecule has 0 aromatic heterocycles. The fourth-order valence-corrected chi connectivity index (χ4v) is 3.21. The molecule has 0 spiro atoms. The summed E-state index contributed by atoms with van der Waals surface area (Å²) in [6.07, 6.45) is 1.80. The van der Waals surface area contributed by atoms with Crippen LogP contribution in [0, 0.1) is 12.7 Å². The lowest BCUT2D eigenvalue weighted by atomic mass is 10.0. The van der Waals surface area contributed by atoms with Crippen molar-refractivity contribution in [3.8, 4) is 0 Å². The third-order valence-corrected chi connectivity index (χ3v) is 4.55. The molecule has 1 saturated heterocycles. The third kappa shape index (κ3) is 3.32. The predicted octanol–water partition coefficient (Wildman–Crippen LogP) is 5.16. The standard InChI is InChI=1S/C18H18ClFN2O/c1-12-8-9-13(11-16(12)20)21-18(23)22-10-4-7-17(22)14-5-2-3-6-15(14)19/h2-3,5-6,8-9,11,17H,4,7,10H2,1H3,(H,21,23)/t17-/m0/s1. The Morgan fingerprint density at radius 2 is 2.09 bits per heavy atom. The first-order chi connectivity index (χ1) is 11.1. The Balaban J connectivity index is 1.78. The molecule has 120 valence electrons. The maximum absolute atomic E-state index is 13.6. The van der Waals surface area contributed by atoms with Crippen molar-refractivity contribution in [2.75, 3.05) is 11.9 Å². The molecule has 1 atom stereocenters. The zero-order valence-electron chi connectivity index (χ0n) is 12.9. The molecule has 3 rings (SSSR count). The van der Waals surface area contributed by atoms with Gasteiger partial charge in [0.1, 0.15) is 5.82 Å². The van der Waals surface area contributed by atoms with Gasteiger partial charge in [-0.1, -0.05) is 35.9 Å². The Bertz CT molecular complexity index is 735. The minimum atomic E-state index is -0.327. The van der Waals surface area contributed by atoms with E-state index >= 15 is 0 Å². The van der Waals surface area contributed by atoms with Crippen molar-refractivity contribution in [1.29, 1.82) is 0 Å². The highest BCUT2D eigenvalue weighted by Gasteiger charge is 2.31. The van der Waals surface area contributed by atoms with Crippen LogP contribution in [0.15, 0.2) is 42.5 Å². The van der Waals surface area contributed by atoms with Crippen LogP contribution in [0.4, 0.5) is 14.9 Å². The normalized spacial score (nSPS) is 17.3. The number of urea groups is 1. The Hall–Kier alpha value is -2.07. The van der Waals surface area contributed by atoms with Gasteiger partial charge in [-0.15, -0.1) is 0 Å². The number of hydrogen-bond acceptors (Lipinski definition) is 1. The maximum Gasteiger partial charge on any atom is 0.322 e. The van der Waals surface area contributed by atoms with Crippen LogP contribution in [0.2, 0.25) is 5.02 Å². The van der Waals surface area contributed by atoms with E-state index in [-0.39, 0.29) is 17.9 Å². The molecule has 3 nitrogen and oxygen atoms in total. The second kappa shape index (κ2) is 6.59. The number of amides is 2. The van der Waals surface area contributed by atoms with Crippen molar-refractivity contribution in [3.63, 3.8) is 0 Å². The molecule has 0 radical (unpaired) electrons. The molecule has 1 fully saturated rings. The maximum atomic E-state index is 13.6. The molecule has 23 heavy (non-hydrogen) atoms. The highest BCUT2D eigenvalue weighted by molar-refractivity contribution is 6.31. The van der Waals surface area contributed by atoms with Gasteiger partial charge in [-0.05, 0) is 49.1 Å². The van der Waals surface area contributed by atoms with Crippen LogP contribution >= 0.6 is 11.6 Å². The first-order valence-electron chi connectivity index (χ1n) is 7.64. The summed E-state index contributed by atoms with van der Waals surface area (Å²) >= 11 is 6.26. The molecule has 0 saturated carbocycles. The topological polar surface area (TPSA) is 32.3 Å². The van der Waals surface area contributed by atoms with Crippen molar-refractivity contribution in [3.05, 3.63) is 64.4 Å². The summed E-state index contributed by atoms with van der Waals surface area (Å²) in [5.41, 5.74) is 1.97. The quantitative estimate of drug-likeness (QED) is 0.809. The SMILES string of the molecule is Cc1ccc(NC(=O)N2CCC[C@H]2c2ccccc2Cl)cc1F. The Kier molecular flexibility index (Phi) is 4.53. The van der Waals surface area contributed by atoms with Crippen molar-refractivity contribution in [2.45, 2.75) is 25.8 Å². The fraction of sp³-hybridized carbons (Fsp3) is 0.278.